The van der Waals surface area contributed by atoms with E-state index in [2.05, 4.69) is 9.73 Å². The number of benzene rings is 1. The summed E-state index contributed by atoms with van der Waals surface area (Å²) >= 11 is 1.08. The number of thioether (sulfide) groups is 1. The molecule has 0 fully saturated rings. The summed E-state index contributed by atoms with van der Waals surface area (Å²) < 4.78 is 97.0. The fourth-order valence-corrected chi connectivity index (χ4v) is 4.77. The molecule has 3 heterocycles. The molecule has 150 valence electrons. The Morgan fingerprint density at radius 2 is 1.96 bits per heavy atom. The summed E-state index contributed by atoms with van der Waals surface area (Å²) in [6.07, 6.45) is -3.25. The maximum absolute atomic E-state index is 14.2. The fourth-order valence-electron chi connectivity index (χ4n) is 3.49. The Kier molecular flexibility index (Phi) is 4.40. The lowest BCUT2D eigenvalue weighted by molar-refractivity contribution is -0.0981. The summed E-state index contributed by atoms with van der Waals surface area (Å²) in [7, 11) is 0. The van der Waals surface area contributed by atoms with Gasteiger partial charge in [-0.1, -0.05) is 6.07 Å². The first-order valence-corrected chi connectivity index (χ1v) is 9.03. The fraction of sp³-hybridized carbons (Fsp3) is 0.353. The number of fused-ring (bicyclic) bond motifs is 3. The van der Waals surface area contributed by atoms with Gasteiger partial charge in [0.25, 0.3) is 0 Å². The third kappa shape index (κ3) is 3.05. The van der Waals surface area contributed by atoms with Crippen LogP contribution in [0.2, 0.25) is 0 Å². The molecule has 3 nitrogen and oxygen atoms in total. The van der Waals surface area contributed by atoms with Crippen LogP contribution in [0.25, 0.3) is 0 Å². The van der Waals surface area contributed by atoms with E-state index in [0.717, 1.165) is 28.9 Å². The number of ether oxygens (including phenoxy) is 1. The van der Waals surface area contributed by atoms with Crippen LogP contribution in [-0.2, 0) is 10.3 Å². The Balaban J connectivity index is 1.82. The highest BCUT2D eigenvalue weighted by Crippen LogP contribution is 2.48. The number of alkyl halides is 5. The average molecular weight is 424 g/mol. The second-order valence-electron chi connectivity index (χ2n) is 6.40. The van der Waals surface area contributed by atoms with Crippen LogP contribution in [0, 0.1) is 11.6 Å². The van der Waals surface area contributed by atoms with E-state index in [9.17, 15) is 30.7 Å². The Hall–Kier alpha value is -2.17. The zero-order valence-corrected chi connectivity index (χ0v) is 14.7. The van der Waals surface area contributed by atoms with Gasteiger partial charge in [0.2, 0.25) is 0 Å². The van der Waals surface area contributed by atoms with Crippen molar-refractivity contribution >= 4 is 17.6 Å². The van der Waals surface area contributed by atoms with Crippen molar-refractivity contribution in [2.45, 2.75) is 29.6 Å². The largest absolute Gasteiger partial charge is 0.431 e. The monoisotopic (exact) mass is 424 g/mol. The van der Waals surface area contributed by atoms with Gasteiger partial charge in [0.15, 0.2) is 23.2 Å². The highest BCUT2D eigenvalue weighted by atomic mass is 32.2. The summed E-state index contributed by atoms with van der Waals surface area (Å²) in [5.74, 6) is -2.69. The molecule has 3 aliphatic heterocycles. The van der Waals surface area contributed by atoms with Gasteiger partial charge >= 0.3 is 12.8 Å². The maximum atomic E-state index is 14.2. The molecule has 11 heteroatoms. The Morgan fingerprint density at radius 3 is 2.64 bits per heavy atom. The van der Waals surface area contributed by atoms with Gasteiger partial charge in [0.1, 0.15) is 5.54 Å². The van der Waals surface area contributed by atoms with Crippen LogP contribution >= 0.6 is 11.8 Å². The number of nitrogens with zero attached hydrogens (tertiary/aromatic N) is 2. The molecule has 0 radical (unpaired) electrons. The average Bonchev–Trinajstić information content (AvgIpc) is 2.96. The molecular formula is C17H11F7N2OS. The van der Waals surface area contributed by atoms with Gasteiger partial charge in [-0.15, -0.1) is 11.8 Å². The minimum absolute atomic E-state index is 0.0239. The molecule has 0 saturated heterocycles. The van der Waals surface area contributed by atoms with Crippen molar-refractivity contribution in [3.63, 3.8) is 0 Å². The van der Waals surface area contributed by atoms with Gasteiger partial charge in [-0.2, -0.15) is 22.0 Å². The maximum Gasteiger partial charge on any atom is 0.417 e. The minimum Gasteiger partial charge on any atom is -0.431 e. The third-order valence-corrected chi connectivity index (χ3v) is 5.78. The number of rotatable bonds is 2. The minimum atomic E-state index is -4.78. The SMILES string of the molecule is Fc1ccc2c(c1F)SCC[C@@]21CN2C=C(C(F)(F)F)C=C(OC(F)F)C2=N1. The zero-order valence-electron chi connectivity index (χ0n) is 13.9. The van der Waals surface area contributed by atoms with E-state index in [1.54, 1.807) is 0 Å². The van der Waals surface area contributed by atoms with Crippen LogP contribution in [0.15, 0.2) is 45.6 Å². The number of aliphatic imine (C=N–C) groups is 1. The van der Waals surface area contributed by atoms with Crippen molar-refractivity contribution in [1.82, 2.24) is 4.90 Å². The number of amidine groups is 1. The lowest BCUT2D eigenvalue weighted by Gasteiger charge is -2.33. The van der Waals surface area contributed by atoms with Crippen molar-refractivity contribution in [3.8, 4) is 0 Å². The lowest BCUT2D eigenvalue weighted by Crippen LogP contribution is -2.36. The molecule has 4 rings (SSSR count). The van der Waals surface area contributed by atoms with E-state index < -0.39 is 41.3 Å². The second kappa shape index (κ2) is 6.43. The molecule has 3 aliphatic rings. The van der Waals surface area contributed by atoms with E-state index in [4.69, 9.17) is 0 Å². The first kappa shape index (κ1) is 19.2. The molecule has 0 N–H and O–H groups in total. The molecule has 0 bridgehead atoms. The Bertz CT molecular complexity index is 925. The van der Waals surface area contributed by atoms with Crippen LogP contribution in [0.4, 0.5) is 30.7 Å². The molecule has 1 aromatic carbocycles. The normalized spacial score (nSPS) is 24.0. The van der Waals surface area contributed by atoms with Crippen molar-refractivity contribution in [2.75, 3.05) is 12.3 Å². The van der Waals surface area contributed by atoms with Crippen molar-refractivity contribution in [3.05, 3.63) is 52.9 Å². The molecule has 1 atom stereocenters. The summed E-state index contributed by atoms with van der Waals surface area (Å²) in [5, 5.41) is 0. The van der Waals surface area contributed by atoms with Crippen LogP contribution in [0.1, 0.15) is 12.0 Å². The zero-order chi connectivity index (χ0) is 20.3. The van der Waals surface area contributed by atoms with E-state index in [0.29, 0.717) is 23.8 Å². The molecule has 0 aliphatic carbocycles. The van der Waals surface area contributed by atoms with Crippen LogP contribution in [0.3, 0.4) is 0 Å². The molecule has 0 amide bonds. The summed E-state index contributed by atoms with van der Waals surface area (Å²) in [4.78, 5) is 5.46. The predicted octanol–water partition coefficient (Wildman–Crippen LogP) is 4.95. The topological polar surface area (TPSA) is 24.8 Å². The van der Waals surface area contributed by atoms with Gasteiger partial charge in [-0.3, -0.25) is 4.99 Å². The van der Waals surface area contributed by atoms with Crippen LogP contribution < -0.4 is 0 Å². The van der Waals surface area contributed by atoms with Gasteiger partial charge in [-0.25, -0.2) is 8.78 Å². The molecule has 0 aromatic heterocycles. The molecule has 1 spiro atoms. The number of halogens is 7. The van der Waals surface area contributed by atoms with Crippen molar-refractivity contribution < 1.29 is 35.5 Å². The highest BCUT2D eigenvalue weighted by Gasteiger charge is 2.48. The number of hydrogen-bond acceptors (Lipinski definition) is 4. The Labute approximate surface area is 158 Å². The number of hydrogen-bond donors (Lipinski definition) is 0. The summed E-state index contributed by atoms with van der Waals surface area (Å²) in [5.41, 5.74) is -2.05. The lowest BCUT2D eigenvalue weighted by atomic mass is 9.87. The van der Waals surface area contributed by atoms with Gasteiger partial charge in [0, 0.05) is 12.0 Å². The van der Waals surface area contributed by atoms with Crippen LogP contribution in [0.5, 0.6) is 0 Å². The second-order valence-corrected chi connectivity index (χ2v) is 7.51. The predicted molar refractivity (Wildman–Crippen MR) is 86.8 cm³/mol. The van der Waals surface area contributed by atoms with Gasteiger partial charge < -0.3 is 9.64 Å². The molecule has 0 saturated carbocycles. The van der Waals surface area contributed by atoms with Crippen molar-refractivity contribution in [1.29, 1.82) is 0 Å². The smallest absolute Gasteiger partial charge is 0.417 e. The molecule has 28 heavy (non-hydrogen) atoms. The summed E-state index contributed by atoms with van der Waals surface area (Å²) in [6, 6.07) is 2.25. The first-order chi connectivity index (χ1) is 13.1. The quantitative estimate of drug-likeness (QED) is 0.628. The van der Waals surface area contributed by atoms with E-state index >= 15 is 0 Å². The molecular weight excluding hydrogens is 413 g/mol. The first-order valence-electron chi connectivity index (χ1n) is 8.04. The summed E-state index contributed by atoms with van der Waals surface area (Å²) in [6.45, 7) is -3.48. The Morgan fingerprint density at radius 1 is 1.21 bits per heavy atom. The van der Waals surface area contributed by atoms with Gasteiger partial charge in [0.05, 0.1) is 17.0 Å². The molecule has 1 aromatic rings. The van der Waals surface area contributed by atoms with Crippen LogP contribution in [-0.4, -0.2) is 35.8 Å². The van der Waals surface area contributed by atoms with Crippen molar-refractivity contribution in [2.24, 2.45) is 4.99 Å². The number of allylic oxidation sites excluding steroid dienone is 2. The third-order valence-electron chi connectivity index (χ3n) is 4.68. The molecule has 0 unspecified atom stereocenters. The highest BCUT2D eigenvalue weighted by molar-refractivity contribution is 7.99. The van der Waals surface area contributed by atoms with E-state index in [1.807, 2.05) is 0 Å². The van der Waals surface area contributed by atoms with E-state index in [-0.39, 0.29) is 17.3 Å². The standard InChI is InChI=1S/C17H11F7N2OS/c18-10-2-1-9-13(12(10)19)28-4-3-16(9)7-26-6-8(17(22,23)24)5-11(14(26)25-16)27-15(20)21/h1-2,5-6,15H,3-4,7H2/t16-/m1/s1. The van der Waals surface area contributed by atoms with Gasteiger partial charge in [-0.05, 0) is 24.1 Å². The van der Waals surface area contributed by atoms with E-state index in [1.165, 1.54) is 6.07 Å².